The van der Waals surface area contributed by atoms with Crippen LogP contribution in [0.25, 0.3) is 0 Å². The Morgan fingerprint density at radius 3 is 2.73 bits per heavy atom. The minimum absolute atomic E-state index is 0. The highest BCUT2D eigenvalue weighted by molar-refractivity contribution is 8.00. The summed E-state index contributed by atoms with van der Waals surface area (Å²) >= 11 is 2.19. The molecule has 1 rings (SSSR count). The number of unbranched alkanes of at least 4 members (excludes halogenated alkanes) is 2. The Morgan fingerprint density at radius 2 is 2.18 bits per heavy atom. The molecule has 0 aromatic heterocycles. The first-order valence-corrected chi connectivity index (χ1v) is 5.60. The Bertz CT molecular complexity index is 77.6. The second-order valence-corrected chi connectivity index (χ2v) is 4.54. The van der Waals surface area contributed by atoms with Crippen LogP contribution in [-0.4, -0.2) is 11.0 Å². The molecule has 0 spiro atoms. The lowest BCUT2D eigenvalue weighted by Gasteiger charge is -2.05. The van der Waals surface area contributed by atoms with E-state index >= 15 is 0 Å². The van der Waals surface area contributed by atoms with E-state index in [0.717, 1.165) is 5.25 Å². The zero-order valence-electron chi connectivity index (χ0n) is 7.44. The maximum atomic E-state index is 2.28. The lowest BCUT2D eigenvalue weighted by Crippen LogP contribution is -1.94. The van der Waals surface area contributed by atoms with Crippen LogP contribution < -0.4 is 0 Å². The quantitative estimate of drug-likeness (QED) is 0.614. The molecule has 68 valence electrons. The van der Waals surface area contributed by atoms with Crippen LogP contribution in [0, 0.1) is 0 Å². The molecule has 0 aliphatic carbocycles. The molecule has 0 aromatic rings. The zero-order valence-corrected chi connectivity index (χ0v) is 9.25. The highest BCUT2D eigenvalue weighted by atomic mass is 32.2. The second-order valence-electron chi connectivity index (χ2n) is 3.13. The third-order valence-electron chi connectivity index (χ3n) is 2.15. The van der Waals surface area contributed by atoms with Gasteiger partial charge in [-0.25, -0.2) is 0 Å². The normalized spacial score (nSPS) is 23.2. The molecule has 11 heavy (non-hydrogen) atoms. The topological polar surface area (TPSA) is 0 Å². The number of thioether (sulfide) groups is 1. The van der Waals surface area contributed by atoms with E-state index in [2.05, 4.69) is 18.7 Å². The summed E-state index contributed by atoms with van der Waals surface area (Å²) in [7, 11) is 0. The molecule has 0 nitrogen and oxygen atoms in total. The fourth-order valence-corrected chi connectivity index (χ4v) is 2.83. The van der Waals surface area contributed by atoms with Gasteiger partial charge in [0.15, 0.2) is 0 Å². The Morgan fingerprint density at radius 1 is 1.36 bits per heavy atom. The average molecular weight is 192 g/mol. The van der Waals surface area contributed by atoms with Crippen LogP contribution >= 0.6 is 25.3 Å². The minimum Gasteiger partial charge on any atom is -0.197 e. The summed E-state index contributed by atoms with van der Waals surface area (Å²) in [5, 5.41) is 1.03. The van der Waals surface area contributed by atoms with Gasteiger partial charge in [-0.2, -0.15) is 25.3 Å². The van der Waals surface area contributed by atoms with Gasteiger partial charge in [0.1, 0.15) is 0 Å². The van der Waals surface area contributed by atoms with Crippen LogP contribution in [0.4, 0.5) is 0 Å². The first kappa shape index (κ1) is 11.7. The van der Waals surface area contributed by atoms with Gasteiger partial charge in [0.05, 0.1) is 0 Å². The van der Waals surface area contributed by atoms with Gasteiger partial charge in [0.2, 0.25) is 0 Å². The van der Waals surface area contributed by atoms with E-state index < -0.39 is 0 Å². The lowest BCUT2D eigenvalue weighted by molar-refractivity contribution is 0.630. The van der Waals surface area contributed by atoms with E-state index in [1.165, 1.54) is 44.3 Å². The summed E-state index contributed by atoms with van der Waals surface area (Å²) in [4.78, 5) is 0. The van der Waals surface area contributed by atoms with Crippen LogP contribution in [0.1, 0.15) is 45.4 Å². The summed E-state index contributed by atoms with van der Waals surface area (Å²) in [6.07, 6.45) is 8.73. The molecule has 2 heteroatoms. The summed E-state index contributed by atoms with van der Waals surface area (Å²) in [6, 6.07) is 0. The minimum atomic E-state index is 0. The summed E-state index contributed by atoms with van der Waals surface area (Å²) in [6.45, 7) is 2.28. The molecule has 1 aliphatic rings. The molecule has 0 amide bonds. The Labute approximate surface area is 82.0 Å². The van der Waals surface area contributed by atoms with Gasteiger partial charge in [-0.3, -0.25) is 0 Å². The molecule has 0 bridgehead atoms. The molecule has 1 saturated heterocycles. The highest BCUT2D eigenvalue weighted by Gasteiger charge is 2.13. The Balaban J connectivity index is 0.000001000. The molecule has 1 aliphatic heterocycles. The lowest BCUT2D eigenvalue weighted by atomic mass is 10.1. The molecular weight excluding hydrogens is 172 g/mol. The van der Waals surface area contributed by atoms with Crippen LogP contribution in [0.5, 0.6) is 0 Å². The van der Waals surface area contributed by atoms with Gasteiger partial charge in [0.25, 0.3) is 0 Å². The number of hydrogen-bond donors (Lipinski definition) is 0. The largest absolute Gasteiger partial charge is 0.197 e. The third kappa shape index (κ3) is 5.02. The molecule has 1 heterocycles. The maximum Gasteiger partial charge on any atom is 0.00473 e. The predicted molar refractivity (Wildman–Crippen MR) is 60.0 cm³/mol. The first-order chi connectivity index (χ1) is 4.93. The van der Waals surface area contributed by atoms with Crippen molar-refractivity contribution in [3.05, 3.63) is 0 Å². The summed E-state index contributed by atoms with van der Waals surface area (Å²) in [5.41, 5.74) is 0. The van der Waals surface area contributed by atoms with Crippen LogP contribution in [-0.2, 0) is 0 Å². The second kappa shape index (κ2) is 7.35. The molecular formula is C9H20S2. The van der Waals surface area contributed by atoms with E-state index in [1.54, 1.807) is 0 Å². The number of hydrogen-bond acceptors (Lipinski definition) is 1. The van der Waals surface area contributed by atoms with Gasteiger partial charge in [0, 0.05) is 5.25 Å². The van der Waals surface area contributed by atoms with Gasteiger partial charge in [-0.05, 0) is 25.0 Å². The summed E-state index contributed by atoms with van der Waals surface area (Å²) in [5.74, 6) is 1.43. The standard InChI is InChI=1S/C9H18S.H2S/c1-2-3-4-6-9-7-5-8-10-9;/h9H,2-8H2,1H3;1H2. The van der Waals surface area contributed by atoms with Crippen molar-refractivity contribution in [1.82, 2.24) is 0 Å². The van der Waals surface area contributed by atoms with Crippen molar-refractivity contribution in [3.8, 4) is 0 Å². The van der Waals surface area contributed by atoms with Crippen LogP contribution in [0.15, 0.2) is 0 Å². The molecule has 0 aromatic carbocycles. The average Bonchev–Trinajstić information content (AvgIpc) is 2.41. The fourth-order valence-electron chi connectivity index (χ4n) is 1.49. The zero-order chi connectivity index (χ0) is 7.23. The van der Waals surface area contributed by atoms with Gasteiger partial charge in [-0.15, -0.1) is 0 Å². The van der Waals surface area contributed by atoms with Crippen molar-refractivity contribution in [2.75, 3.05) is 5.75 Å². The van der Waals surface area contributed by atoms with Gasteiger partial charge in [-0.1, -0.05) is 26.2 Å². The molecule has 0 saturated carbocycles. The Hall–Kier alpha value is 0.700. The third-order valence-corrected chi connectivity index (χ3v) is 3.62. The van der Waals surface area contributed by atoms with Crippen molar-refractivity contribution in [2.45, 2.75) is 50.7 Å². The van der Waals surface area contributed by atoms with E-state index in [1.807, 2.05) is 0 Å². The molecule has 1 unspecified atom stereocenters. The van der Waals surface area contributed by atoms with Crippen molar-refractivity contribution >= 4 is 25.3 Å². The van der Waals surface area contributed by atoms with E-state index in [9.17, 15) is 0 Å². The van der Waals surface area contributed by atoms with Crippen molar-refractivity contribution in [3.63, 3.8) is 0 Å². The van der Waals surface area contributed by atoms with E-state index in [0.29, 0.717) is 0 Å². The number of rotatable bonds is 4. The highest BCUT2D eigenvalue weighted by Crippen LogP contribution is 2.29. The molecule has 0 N–H and O–H groups in total. The van der Waals surface area contributed by atoms with Crippen molar-refractivity contribution < 1.29 is 0 Å². The van der Waals surface area contributed by atoms with Gasteiger partial charge >= 0.3 is 0 Å². The van der Waals surface area contributed by atoms with Crippen LogP contribution in [0.2, 0.25) is 0 Å². The van der Waals surface area contributed by atoms with Crippen molar-refractivity contribution in [1.29, 1.82) is 0 Å². The van der Waals surface area contributed by atoms with Crippen LogP contribution in [0.3, 0.4) is 0 Å². The molecule has 1 fully saturated rings. The smallest absolute Gasteiger partial charge is 0.00473 e. The SMILES string of the molecule is CCCCCC1CCCS1.S. The maximum absolute atomic E-state index is 2.28. The fraction of sp³-hybridized carbons (Fsp3) is 1.00. The van der Waals surface area contributed by atoms with Gasteiger partial charge < -0.3 is 0 Å². The molecule has 0 radical (unpaired) electrons. The van der Waals surface area contributed by atoms with Crippen molar-refractivity contribution in [2.24, 2.45) is 0 Å². The molecule has 1 atom stereocenters. The predicted octanol–water partition coefficient (Wildman–Crippen LogP) is 3.58. The van der Waals surface area contributed by atoms with E-state index in [-0.39, 0.29) is 13.5 Å². The summed E-state index contributed by atoms with van der Waals surface area (Å²) < 4.78 is 0. The first-order valence-electron chi connectivity index (χ1n) is 4.55. The monoisotopic (exact) mass is 192 g/mol. The Kier molecular flexibility index (Phi) is 7.82. The van der Waals surface area contributed by atoms with E-state index in [4.69, 9.17) is 0 Å².